The summed E-state index contributed by atoms with van der Waals surface area (Å²) in [5.74, 6) is 0. The van der Waals surface area contributed by atoms with Gasteiger partial charge in [-0.3, -0.25) is 5.32 Å². The fraction of sp³-hybridized carbons (Fsp3) is 0.100. The molecule has 0 unspecified atom stereocenters. The zero-order chi connectivity index (χ0) is 12.3. The van der Waals surface area contributed by atoms with Gasteiger partial charge in [0.25, 0.3) is 0 Å². The van der Waals surface area contributed by atoms with E-state index < -0.39 is 6.03 Å². The highest BCUT2D eigenvalue weighted by Gasteiger charge is 2.09. The van der Waals surface area contributed by atoms with Gasteiger partial charge < -0.3 is 9.73 Å². The standard InChI is InChI=1S/C10H9BrN4O2/c1-2-3-12-9(16)15-10-14-7-4-6(11)5-13-8(7)17-10/h2,4-5H,1,3H2,(H2,12,14,15,16). The molecule has 2 aromatic heterocycles. The van der Waals surface area contributed by atoms with Crippen molar-refractivity contribution >= 4 is 39.2 Å². The normalized spacial score (nSPS) is 10.2. The van der Waals surface area contributed by atoms with Gasteiger partial charge in [0.05, 0.1) is 0 Å². The second-order valence-electron chi connectivity index (χ2n) is 3.12. The fourth-order valence-electron chi connectivity index (χ4n) is 1.16. The molecule has 0 aliphatic rings. The molecule has 0 bridgehead atoms. The lowest BCUT2D eigenvalue weighted by Gasteiger charge is -2.00. The molecular weight excluding hydrogens is 288 g/mol. The first-order chi connectivity index (χ1) is 8.19. The molecule has 7 heteroatoms. The van der Waals surface area contributed by atoms with Gasteiger partial charge in [0, 0.05) is 17.2 Å². The molecule has 0 aliphatic carbocycles. The molecule has 2 N–H and O–H groups in total. The fourth-order valence-corrected chi connectivity index (χ4v) is 1.48. The number of rotatable bonds is 3. The van der Waals surface area contributed by atoms with Crippen molar-refractivity contribution in [2.24, 2.45) is 0 Å². The maximum Gasteiger partial charge on any atom is 0.323 e. The lowest BCUT2D eigenvalue weighted by molar-refractivity contribution is 0.252. The molecule has 0 aromatic carbocycles. The zero-order valence-corrected chi connectivity index (χ0v) is 10.3. The third kappa shape index (κ3) is 2.82. The lowest BCUT2D eigenvalue weighted by atomic mass is 10.4. The molecule has 0 aliphatic heterocycles. The first-order valence-corrected chi connectivity index (χ1v) is 5.56. The van der Waals surface area contributed by atoms with Gasteiger partial charge in [-0.15, -0.1) is 6.58 Å². The number of oxazole rings is 1. The van der Waals surface area contributed by atoms with Crippen molar-refractivity contribution in [2.75, 3.05) is 11.9 Å². The van der Waals surface area contributed by atoms with E-state index in [-0.39, 0.29) is 6.01 Å². The van der Waals surface area contributed by atoms with E-state index in [9.17, 15) is 4.79 Å². The van der Waals surface area contributed by atoms with Crippen LogP contribution in [0.15, 0.2) is 33.8 Å². The van der Waals surface area contributed by atoms with Crippen molar-refractivity contribution in [3.8, 4) is 0 Å². The Morgan fingerprint density at radius 3 is 3.24 bits per heavy atom. The summed E-state index contributed by atoms with van der Waals surface area (Å²) >= 11 is 3.27. The highest BCUT2D eigenvalue weighted by atomic mass is 79.9. The molecule has 6 nitrogen and oxygen atoms in total. The summed E-state index contributed by atoms with van der Waals surface area (Å²) in [5.41, 5.74) is 0.936. The van der Waals surface area contributed by atoms with Crippen molar-refractivity contribution in [1.82, 2.24) is 15.3 Å². The van der Waals surface area contributed by atoms with Crippen LogP contribution in [0.3, 0.4) is 0 Å². The minimum atomic E-state index is -0.407. The van der Waals surface area contributed by atoms with E-state index in [1.54, 1.807) is 18.3 Å². The van der Waals surface area contributed by atoms with Crippen LogP contribution in [0.25, 0.3) is 11.2 Å². The number of anilines is 1. The Kier molecular flexibility index (Phi) is 3.38. The number of carbonyl (C=O) groups is 1. The quantitative estimate of drug-likeness (QED) is 0.852. The van der Waals surface area contributed by atoms with Crippen LogP contribution >= 0.6 is 15.9 Å². The summed E-state index contributed by atoms with van der Waals surface area (Å²) in [7, 11) is 0. The summed E-state index contributed by atoms with van der Waals surface area (Å²) in [6.45, 7) is 3.86. The molecule has 0 saturated heterocycles. The van der Waals surface area contributed by atoms with Crippen molar-refractivity contribution in [1.29, 1.82) is 0 Å². The van der Waals surface area contributed by atoms with Crippen molar-refractivity contribution in [3.05, 3.63) is 29.4 Å². The predicted octanol–water partition coefficient (Wildman–Crippen LogP) is 2.29. The number of urea groups is 1. The molecule has 0 radical (unpaired) electrons. The van der Waals surface area contributed by atoms with E-state index in [0.717, 1.165) is 4.47 Å². The maximum atomic E-state index is 11.3. The van der Waals surface area contributed by atoms with Crippen LogP contribution in [0.5, 0.6) is 0 Å². The van der Waals surface area contributed by atoms with E-state index in [2.05, 4.69) is 43.1 Å². The number of nitrogens with zero attached hydrogens (tertiary/aromatic N) is 2. The number of fused-ring (bicyclic) bond motifs is 1. The number of hydrogen-bond donors (Lipinski definition) is 2. The van der Waals surface area contributed by atoms with Crippen molar-refractivity contribution < 1.29 is 9.21 Å². The van der Waals surface area contributed by atoms with Gasteiger partial charge in [0.15, 0.2) is 0 Å². The van der Waals surface area contributed by atoms with E-state index >= 15 is 0 Å². The molecule has 2 amide bonds. The minimum absolute atomic E-state index is 0.104. The lowest BCUT2D eigenvalue weighted by Crippen LogP contribution is -2.28. The molecule has 2 heterocycles. The largest absolute Gasteiger partial charge is 0.404 e. The first kappa shape index (κ1) is 11.6. The topological polar surface area (TPSA) is 80.0 Å². The second-order valence-corrected chi connectivity index (χ2v) is 4.04. The molecule has 0 fully saturated rings. The van der Waals surface area contributed by atoms with Crippen molar-refractivity contribution in [2.45, 2.75) is 0 Å². The number of aromatic nitrogens is 2. The van der Waals surface area contributed by atoms with Crippen LogP contribution in [0.2, 0.25) is 0 Å². The van der Waals surface area contributed by atoms with Gasteiger partial charge >= 0.3 is 12.0 Å². The van der Waals surface area contributed by atoms with E-state index in [1.807, 2.05) is 0 Å². The number of carbonyl (C=O) groups excluding carboxylic acids is 1. The number of pyridine rings is 1. The highest BCUT2D eigenvalue weighted by molar-refractivity contribution is 9.10. The summed E-state index contributed by atoms with van der Waals surface area (Å²) in [6.07, 6.45) is 3.17. The van der Waals surface area contributed by atoms with E-state index in [4.69, 9.17) is 4.42 Å². The number of amides is 2. The minimum Gasteiger partial charge on any atom is -0.404 e. The predicted molar refractivity (Wildman–Crippen MR) is 66.7 cm³/mol. The summed E-state index contributed by atoms with van der Waals surface area (Å²) in [5, 5.41) is 4.99. The summed E-state index contributed by atoms with van der Waals surface area (Å²) < 4.78 is 6.03. The Balaban J connectivity index is 2.14. The monoisotopic (exact) mass is 296 g/mol. The Morgan fingerprint density at radius 2 is 2.47 bits per heavy atom. The van der Waals surface area contributed by atoms with Crippen LogP contribution in [0.1, 0.15) is 0 Å². The van der Waals surface area contributed by atoms with Crippen LogP contribution in [-0.4, -0.2) is 22.5 Å². The van der Waals surface area contributed by atoms with Crippen LogP contribution in [-0.2, 0) is 0 Å². The maximum absolute atomic E-state index is 11.3. The molecule has 0 spiro atoms. The number of halogens is 1. The molecule has 0 atom stereocenters. The van der Waals surface area contributed by atoms with Gasteiger partial charge in [0.1, 0.15) is 5.52 Å². The van der Waals surface area contributed by atoms with Crippen LogP contribution in [0.4, 0.5) is 10.8 Å². The van der Waals surface area contributed by atoms with Gasteiger partial charge in [-0.05, 0) is 22.0 Å². The van der Waals surface area contributed by atoms with Gasteiger partial charge in [-0.1, -0.05) is 6.08 Å². The van der Waals surface area contributed by atoms with E-state index in [1.165, 1.54) is 0 Å². The molecule has 2 aromatic rings. The smallest absolute Gasteiger partial charge is 0.323 e. The van der Waals surface area contributed by atoms with E-state index in [0.29, 0.717) is 17.8 Å². The number of nitrogens with one attached hydrogen (secondary N) is 2. The van der Waals surface area contributed by atoms with Crippen LogP contribution < -0.4 is 10.6 Å². The summed E-state index contributed by atoms with van der Waals surface area (Å²) in [4.78, 5) is 19.4. The van der Waals surface area contributed by atoms with Crippen LogP contribution in [0, 0.1) is 0 Å². The molecule has 0 saturated carbocycles. The Hall–Kier alpha value is -1.89. The zero-order valence-electron chi connectivity index (χ0n) is 8.74. The Morgan fingerprint density at radius 1 is 1.65 bits per heavy atom. The second kappa shape index (κ2) is 4.96. The molecule has 17 heavy (non-hydrogen) atoms. The van der Waals surface area contributed by atoms with Gasteiger partial charge in [-0.25, -0.2) is 9.78 Å². The van der Waals surface area contributed by atoms with Gasteiger partial charge in [0.2, 0.25) is 5.71 Å². The average Bonchev–Trinajstić information content (AvgIpc) is 2.67. The number of hydrogen-bond acceptors (Lipinski definition) is 4. The SMILES string of the molecule is C=CCNC(=O)Nc1nc2cc(Br)cnc2o1. The summed E-state index contributed by atoms with van der Waals surface area (Å²) in [6, 6.07) is 1.45. The Labute approximate surface area is 105 Å². The molecular formula is C10H9BrN4O2. The third-order valence-electron chi connectivity index (χ3n) is 1.84. The highest BCUT2D eigenvalue weighted by Crippen LogP contribution is 2.19. The third-order valence-corrected chi connectivity index (χ3v) is 2.28. The molecule has 88 valence electrons. The Bertz CT molecular complexity index is 566. The van der Waals surface area contributed by atoms with Gasteiger partial charge in [-0.2, -0.15) is 4.98 Å². The average molecular weight is 297 g/mol. The van der Waals surface area contributed by atoms with Crippen molar-refractivity contribution in [3.63, 3.8) is 0 Å². The first-order valence-electron chi connectivity index (χ1n) is 4.77. The molecule has 2 rings (SSSR count).